The number of fused-ring (bicyclic) bond motifs is 5. The van der Waals surface area contributed by atoms with E-state index in [0.717, 1.165) is 11.1 Å². The van der Waals surface area contributed by atoms with Crippen LogP contribution in [-0.4, -0.2) is 103 Å². The quantitative estimate of drug-likeness (QED) is 0.106. The van der Waals surface area contributed by atoms with Gasteiger partial charge in [0.1, 0.15) is 48.8 Å². The van der Waals surface area contributed by atoms with Crippen LogP contribution in [0.4, 0.5) is 0 Å². The summed E-state index contributed by atoms with van der Waals surface area (Å²) in [5.74, 6) is -2.07. The number of carbonyl (C=O) groups is 5. The van der Waals surface area contributed by atoms with Gasteiger partial charge in [0.25, 0.3) is 5.91 Å². The first-order valence-corrected chi connectivity index (χ1v) is 20.6. The number of nitrogens with zero attached hydrogens (tertiary/aromatic N) is 4. The summed E-state index contributed by atoms with van der Waals surface area (Å²) in [7, 11) is 2.90. The van der Waals surface area contributed by atoms with E-state index < -0.39 is 53.7 Å². The molecule has 4 aromatic rings. The molecular formula is C46H56N10O7. The van der Waals surface area contributed by atoms with E-state index in [-0.39, 0.29) is 50.1 Å². The van der Waals surface area contributed by atoms with Gasteiger partial charge in [-0.2, -0.15) is 5.26 Å². The number of aryl methyl sites for hydroxylation is 1. The van der Waals surface area contributed by atoms with E-state index in [4.69, 9.17) is 26.2 Å². The number of nitrogens with two attached hydrogens (primary N) is 2. The molecule has 3 aromatic carbocycles. The van der Waals surface area contributed by atoms with Crippen molar-refractivity contribution in [2.75, 3.05) is 40.4 Å². The van der Waals surface area contributed by atoms with Gasteiger partial charge in [-0.05, 0) is 73.2 Å². The summed E-state index contributed by atoms with van der Waals surface area (Å²) in [5.41, 5.74) is 16.2. The lowest BCUT2D eigenvalue weighted by molar-refractivity contribution is -0.141. The second-order valence-electron chi connectivity index (χ2n) is 16.3. The van der Waals surface area contributed by atoms with Crippen LogP contribution in [0.2, 0.25) is 0 Å². The van der Waals surface area contributed by atoms with Crippen LogP contribution in [0.1, 0.15) is 72.9 Å². The van der Waals surface area contributed by atoms with E-state index >= 15 is 0 Å². The van der Waals surface area contributed by atoms with Gasteiger partial charge < -0.3 is 47.1 Å². The minimum atomic E-state index is -1.38. The van der Waals surface area contributed by atoms with Gasteiger partial charge in [-0.25, -0.2) is 9.97 Å². The number of nitrogens with one attached hydrogen (secondary N) is 4. The van der Waals surface area contributed by atoms with Gasteiger partial charge in [-0.3, -0.25) is 24.0 Å². The monoisotopic (exact) mass is 860 g/mol. The van der Waals surface area contributed by atoms with Crippen LogP contribution in [0, 0.1) is 18.3 Å². The molecule has 0 unspecified atom stereocenters. The summed E-state index contributed by atoms with van der Waals surface area (Å²) in [5, 5.41) is 19.8. The number of amides is 5. The molecule has 332 valence electrons. The van der Waals surface area contributed by atoms with Crippen molar-refractivity contribution in [1.82, 2.24) is 36.1 Å². The highest BCUT2D eigenvalue weighted by Crippen LogP contribution is 2.40. The summed E-state index contributed by atoms with van der Waals surface area (Å²) in [6, 6.07) is 15.0. The van der Waals surface area contributed by atoms with Crippen molar-refractivity contribution in [3.05, 3.63) is 94.8 Å². The third-order valence-electron chi connectivity index (χ3n) is 10.7. The minimum Gasteiger partial charge on any atom is -0.496 e. The minimum absolute atomic E-state index is 0.00921. The Morgan fingerprint density at radius 2 is 1.68 bits per heavy atom. The van der Waals surface area contributed by atoms with Crippen LogP contribution in [0.3, 0.4) is 0 Å². The number of rotatable bonds is 13. The van der Waals surface area contributed by atoms with Crippen molar-refractivity contribution in [3.63, 3.8) is 0 Å². The molecule has 4 atom stereocenters. The molecule has 0 saturated heterocycles. The molecule has 17 heteroatoms. The third kappa shape index (κ3) is 11.3. The van der Waals surface area contributed by atoms with E-state index in [1.54, 1.807) is 43.3 Å². The maximum atomic E-state index is 14.6. The predicted molar refractivity (Wildman–Crippen MR) is 236 cm³/mol. The van der Waals surface area contributed by atoms with E-state index in [9.17, 15) is 24.0 Å². The van der Waals surface area contributed by atoms with Crippen LogP contribution in [0.25, 0.3) is 22.5 Å². The number of hydrogen-bond acceptors (Lipinski definition) is 12. The molecular weight excluding hydrogens is 805 g/mol. The zero-order valence-electron chi connectivity index (χ0n) is 36.7. The van der Waals surface area contributed by atoms with Crippen molar-refractivity contribution >= 4 is 29.5 Å². The van der Waals surface area contributed by atoms with E-state index in [1.807, 2.05) is 30.3 Å². The normalized spacial score (nSPS) is 16.9. The first kappa shape index (κ1) is 47.2. The lowest BCUT2D eigenvalue weighted by atomic mass is 9.87. The Labute approximate surface area is 367 Å². The zero-order valence-corrected chi connectivity index (χ0v) is 36.7. The molecule has 0 saturated carbocycles. The number of nitriles is 1. The lowest BCUT2D eigenvalue weighted by Crippen LogP contribution is -2.56. The molecule has 0 spiro atoms. The first-order chi connectivity index (χ1) is 30.0. The molecule has 2 heterocycles. The molecule has 1 aliphatic heterocycles. The smallest absolute Gasteiger partial charge is 0.255 e. The molecule has 1 aromatic heterocycles. The number of likely N-dealkylation sites (N-methyl/N-ethyl adjacent to an activating group) is 1. The molecule has 5 amide bonds. The fourth-order valence-electron chi connectivity index (χ4n) is 7.20. The van der Waals surface area contributed by atoms with Gasteiger partial charge in [0.2, 0.25) is 23.6 Å². The molecule has 0 radical (unpaired) electrons. The number of aromatic nitrogens is 2. The number of ether oxygens (including phenoxy) is 2. The van der Waals surface area contributed by atoms with Crippen molar-refractivity contribution in [2.45, 2.75) is 77.0 Å². The average molecular weight is 861 g/mol. The highest BCUT2D eigenvalue weighted by atomic mass is 16.5. The molecule has 8 N–H and O–H groups in total. The summed E-state index contributed by atoms with van der Waals surface area (Å²) in [4.78, 5) is 80.1. The van der Waals surface area contributed by atoms with Gasteiger partial charge in [0.15, 0.2) is 5.82 Å². The van der Waals surface area contributed by atoms with Crippen LogP contribution >= 0.6 is 0 Å². The average Bonchev–Trinajstić information content (AvgIpc) is 3.26. The molecule has 63 heavy (non-hydrogen) atoms. The van der Waals surface area contributed by atoms with E-state index in [1.165, 1.54) is 32.2 Å². The molecule has 1 aliphatic rings. The fraction of sp³-hybridized carbons (Fsp3) is 0.391. The van der Waals surface area contributed by atoms with Crippen molar-refractivity contribution in [3.8, 4) is 40.1 Å². The molecule has 4 bridgehead atoms. The number of benzene rings is 3. The van der Waals surface area contributed by atoms with Gasteiger partial charge in [-0.1, -0.05) is 57.2 Å². The van der Waals surface area contributed by atoms with Gasteiger partial charge in [0, 0.05) is 42.9 Å². The second kappa shape index (κ2) is 20.8. The van der Waals surface area contributed by atoms with Crippen LogP contribution in [0.5, 0.6) is 11.5 Å². The van der Waals surface area contributed by atoms with E-state index in [0.29, 0.717) is 45.3 Å². The standard InChI is InChI=1S/C46H56N10O7/c1-26-34(25-51-40(52-26)29-9-12-31(13-10-29)46(3,4)5)42(58)54-35(16-17-47)45(61)56(6)39-30-11-15-37(62-7)33(24-30)32-22-28(8-14-38(32)63-21-19-49)23-36(43(59)50-20-18-48)55-41(57)27(2)53-44(39)60/h8-15,22,24-25,27,35-36,39H,16-17,19-21,23,47,49H2,1-7H3,(H,50,59)(H,53,60)(H,54,58)(H,55,57)/t27-,35-,36-,39-/m0/s1. The largest absolute Gasteiger partial charge is 0.496 e. The Balaban J connectivity index is 1.53. The molecule has 5 rings (SSSR count). The Morgan fingerprint density at radius 3 is 2.32 bits per heavy atom. The highest BCUT2D eigenvalue weighted by Gasteiger charge is 2.36. The topological polar surface area (TPSA) is 257 Å². The highest BCUT2D eigenvalue weighted by molar-refractivity contribution is 6.00. The zero-order chi connectivity index (χ0) is 46.0. The van der Waals surface area contributed by atoms with Gasteiger partial charge in [0.05, 0.1) is 24.4 Å². The van der Waals surface area contributed by atoms with Crippen molar-refractivity contribution < 1.29 is 33.4 Å². The first-order valence-electron chi connectivity index (χ1n) is 20.6. The number of hydrogen-bond donors (Lipinski definition) is 6. The second-order valence-corrected chi connectivity index (χ2v) is 16.3. The maximum absolute atomic E-state index is 14.6. The number of carbonyl (C=O) groups excluding carboxylic acids is 5. The van der Waals surface area contributed by atoms with Crippen LogP contribution in [0.15, 0.2) is 66.9 Å². The van der Waals surface area contributed by atoms with Crippen molar-refractivity contribution in [2.24, 2.45) is 11.5 Å². The summed E-state index contributed by atoms with van der Waals surface area (Å²) < 4.78 is 11.8. The molecule has 17 nitrogen and oxygen atoms in total. The Kier molecular flexibility index (Phi) is 15.6. The lowest BCUT2D eigenvalue weighted by Gasteiger charge is -2.32. The van der Waals surface area contributed by atoms with Crippen LogP contribution in [-0.2, 0) is 31.0 Å². The summed E-state index contributed by atoms with van der Waals surface area (Å²) in [6.07, 6.45) is 1.44. The Hall–Kier alpha value is -6.90. The summed E-state index contributed by atoms with van der Waals surface area (Å²) >= 11 is 0. The van der Waals surface area contributed by atoms with Crippen LogP contribution < -0.4 is 42.2 Å². The summed E-state index contributed by atoms with van der Waals surface area (Å²) in [6.45, 7) is 9.59. The van der Waals surface area contributed by atoms with Crippen molar-refractivity contribution in [1.29, 1.82) is 5.26 Å². The Morgan fingerprint density at radius 1 is 0.984 bits per heavy atom. The fourth-order valence-corrected chi connectivity index (χ4v) is 7.20. The molecule has 0 fully saturated rings. The van der Waals surface area contributed by atoms with Gasteiger partial charge >= 0.3 is 0 Å². The molecule has 0 aliphatic carbocycles. The third-order valence-corrected chi connectivity index (χ3v) is 10.7. The predicted octanol–water partition coefficient (Wildman–Crippen LogP) is 2.59. The van der Waals surface area contributed by atoms with E-state index in [2.05, 4.69) is 52.0 Å². The number of methoxy groups -OCH3 is 1. The van der Waals surface area contributed by atoms with Gasteiger partial charge in [-0.15, -0.1) is 0 Å². The Bertz CT molecular complexity index is 2370. The SMILES string of the molecule is COc1ccc2cc1-c1cc(ccc1OCCN)C[C@@H](C(=O)NCC#N)NC(=O)[C@H](C)NC(=O)[C@H]2N(C)C(=O)[C@H](CCN)NC(=O)c1cnc(-c2ccc(C(C)(C)C)cc2)nc1C. The maximum Gasteiger partial charge on any atom is 0.255 e.